The number of amides is 2. The molecule has 0 radical (unpaired) electrons. The highest BCUT2D eigenvalue weighted by Crippen LogP contribution is 2.44. The molecule has 1 aliphatic rings. The van der Waals surface area contributed by atoms with E-state index >= 15 is 0 Å². The second-order valence-electron chi connectivity index (χ2n) is 5.75. The summed E-state index contributed by atoms with van der Waals surface area (Å²) >= 11 is 0. The van der Waals surface area contributed by atoms with Crippen molar-refractivity contribution in [3.05, 3.63) is 0 Å². The highest BCUT2D eigenvalue weighted by atomic mass is 16.4. The van der Waals surface area contributed by atoms with Crippen LogP contribution in [0.5, 0.6) is 0 Å². The van der Waals surface area contributed by atoms with E-state index in [1.807, 2.05) is 13.8 Å². The number of rotatable bonds is 7. The average Bonchev–Trinajstić information content (AvgIpc) is 2.20. The number of carbonyl (C=O) groups is 3. The fraction of sp³-hybridized carbons (Fsp3) is 0.769. The van der Waals surface area contributed by atoms with Crippen molar-refractivity contribution in [3.8, 4) is 0 Å². The third-order valence-corrected chi connectivity index (χ3v) is 3.54. The predicted octanol–water partition coefficient (Wildman–Crippen LogP) is 0.601. The third-order valence-electron chi connectivity index (χ3n) is 3.54. The SMILES string of the molecule is CC(C)CN(CC(N)=O)C(=O)CC1(C(=O)O)CCC1. The molecular formula is C13H22N2O4. The van der Waals surface area contributed by atoms with E-state index in [4.69, 9.17) is 5.73 Å². The Balaban J connectivity index is 2.70. The van der Waals surface area contributed by atoms with Gasteiger partial charge in [0.15, 0.2) is 0 Å². The van der Waals surface area contributed by atoms with Gasteiger partial charge in [-0.25, -0.2) is 0 Å². The molecule has 3 N–H and O–H groups in total. The van der Waals surface area contributed by atoms with Gasteiger partial charge in [-0.2, -0.15) is 0 Å². The van der Waals surface area contributed by atoms with Gasteiger partial charge in [-0.1, -0.05) is 20.3 Å². The third kappa shape index (κ3) is 3.94. The molecule has 1 rings (SSSR count). The van der Waals surface area contributed by atoms with Gasteiger partial charge in [-0.3, -0.25) is 14.4 Å². The van der Waals surface area contributed by atoms with Crippen molar-refractivity contribution in [3.63, 3.8) is 0 Å². The van der Waals surface area contributed by atoms with Gasteiger partial charge < -0.3 is 15.7 Å². The summed E-state index contributed by atoms with van der Waals surface area (Å²) in [5.74, 6) is -1.59. The molecule has 0 unspecified atom stereocenters. The second-order valence-corrected chi connectivity index (χ2v) is 5.75. The van der Waals surface area contributed by atoms with Gasteiger partial charge in [-0.05, 0) is 18.8 Å². The number of carbonyl (C=O) groups excluding carboxylic acids is 2. The summed E-state index contributed by atoms with van der Waals surface area (Å²) in [6.45, 7) is 4.12. The lowest BCUT2D eigenvalue weighted by Crippen LogP contribution is -2.46. The molecule has 2 amide bonds. The van der Waals surface area contributed by atoms with Crippen LogP contribution in [0.1, 0.15) is 39.5 Å². The Morgan fingerprint density at radius 3 is 2.21 bits per heavy atom. The molecule has 0 aromatic carbocycles. The Bertz CT molecular complexity index is 375. The second kappa shape index (κ2) is 6.04. The smallest absolute Gasteiger partial charge is 0.310 e. The first-order valence-electron chi connectivity index (χ1n) is 6.56. The summed E-state index contributed by atoms with van der Waals surface area (Å²) in [6.07, 6.45) is 1.85. The van der Waals surface area contributed by atoms with E-state index in [-0.39, 0.29) is 24.8 Å². The summed E-state index contributed by atoms with van der Waals surface area (Å²) in [4.78, 5) is 35.8. The van der Waals surface area contributed by atoms with Gasteiger partial charge in [0.2, 0.25) is 11.8 Å². The zero-order valence-electron chi connectivity index (χ0n) is 11.5. The van der Waals surface area contributed by atoms with Crippen molar-refractivity contribution in [2.45, 2.75) is 39.5 Å². The van der Waals surface area contributed by atoms with Gasteiger partial charge in [0.1, 0.15) is 0 Å². The van der Waals surface area contributed by atoms with Crippen LogP contribution >= 0.6 is 0 Å². The van der Waals surface area contributed by atoms with Crippen molar-refractivity contribution in [1.29, 1.82) is 0 Å². The molecule has 1 aliphatic carbocycles. The maximum atomic E-state index is 12.2. The fourth-order valence-electron chi connectivity index (χ4n) is 2.35. The molecule has 6 nitrogen and oxygen atoms in total. The summed E-state index contributed by atoms with van der Waals surface area (Å²) in [5, 5.41) is 9.22. The first kappa shape index (κ1) is 15.5. The number of hydrogen-bond acceptors (Lipinski definition) is 3. The molecule has 19 heavy (non-hydrogen) atoms. The zero-order valence-corrected chi connectivity index (χ0v) is 11.5. The molecule has 0 spiro atoms. The Morgan fingerprint density at radius 2 is 1.89 bits per heavy atom. The van der Waals surface area contributed by atoms with Crippen LogP contribution in [0.3, 0.4) is 0 Å². The molecule has 0 atom stereocenters. The van der Waals surface area contributed by atoms with Gasteiger partial charge in [0.05, 0.1) is 12.0 Å². The molecule has 1 fully saturated rings. The highest BCUT2D eigenvalue weighted by Gasteiger charge is 2.46. The van der Waals surface area contributed by atoms with Gasteiger partial charge in [-0.15, -0.1) is 0 Å². The minimum absolute atomic E-state index is 0.0394. The Kier molecular flexibility index (Phi) is 4.91. The molecular weight excluding hydrogens is 248 g/mol. The zero-order chi connectivity index (χ0) is 14.6. The molecule has 0 heterocycles. The first-order chi connectivity index (χ1) is 8.77. The number of nitrogens with zero attached hydrogens (tertiary/aromatic N) is 1. The average molecular weight is 270 g/mol. The van der Waals surface area contributed by atoms with Crippen LogP contribution < -0.4 is 5.73 Å². The standard InChI is InChI=1S/C13H22N2O4/c1-9(2)7-15(8-10(14)16)11(17)6-13(12(18)19)4-3-5-13/h9H,3-8H2,1-2H3,(H2,14,16)(H,18,19). The van der Waals surface area contributed by atoms with Gasteiger partial charge in [0, 0.05) is 13.0 Å². The predicted molar refractivity (Wildman–Crippen MR) is 69.1 cm³/mol. The number of primary amides is 1. The maximum Gasteiger partial charge on any atom is 0.310 e. The molecule has 108 valence electrons. The van der Waals surface area contributed by atoms with Crippen LogP contribution in [0.15, 0.2) is 0 Å². The van der Waals surface area contributed by atoms with Crippen LogP contribution in [0.25, 0.3) is 0 Å². The van der Waals surface area contributed by atoms with Gasteiger partial charge in [0.25, 0.3) is 0 Å². The fourth-order valence-corrected chi connectivity index (χ4v) is 2.35. The van der Waals surface area contributed by atoms with Crippen LogP contribution in [-0.4, -0.2) is 40.9 Å². The molecule has 0 bridgehead atoms. The molecule has 0 aliphatic heterocycles. The summed E-state index contributed by atoms with van der Waals surface area (Å²) in [6, 6.07) is 0. The quantitative estimate of drug-likeness (QED) is 0.707. The van der Waals surface area contributed by atoms with Crippen LogP contribution in [-0.2, 0) is 14.4 Å². The Morgan fingerprint density at radius 1 is 1.32 bits per heavy atom. The lowest BCUT2D eigenvalue weighted by atomic mass is 9.66. The van der Waals surface area contributed by atoms with E-state index in [0.29, 0.717) is 19.4 Å². The highest BCUT2D eigenvalue weighted by molar-refractivity contribution is 5.88. The Hall–Kier alpha value is -1.59. The maximum absolute atomic E-state index is 12.2. The van der Waals surface area contributed by atoms with Crippen molar-refractivity contribution in [2.75, 3.05) is 13.1 Å². The van der Waals surface area contributed by atoms with Crippen LogP contribution in [0.4, 0.5) is 0 Å². The van der Waals surface area contributed by atoms with Crippen molar-refractivity contribution < 1.29 is 19.5 Å². The largest absolute Gasteiger partial charge is 0.481 e. The topological polar surface area (TPSA) is 101 Å². The lowest BCUT2D eigenvalue weighted by molar-refractivity contribution is -0.159. The van der Waals surface area contributed by atoms with E-state index in [1.54, 1.807) is 0 Å². The van der Waals surface area contributed by atoms with Crippen molar-refractivity contribution in [2.24, 2.45) is 17.1 Å². The van der Waals surface area contributed by atoms with E-state index in [0.717, 1.165) is 6.42 Å². The summed E-state index contributed by atoms with van der Waals surface area (Å²) in [7, 11) is 0. The van der Waals surface area contributed by atoms with E-state index in [2.05, 4.69) is 0 Å². The van der Waals surface area contributed by atoms with E-state index in [1.165, 1.54) is 4.90 Å². The van der Waals surface area contributed by atoms with Crippen LogP contribution in [0, 0.1) is 11.3 Å². The summed E-state index contributed by atoms with van der Waals surface area (Å²) < 4.78 is 0. The minimum atomic E-state index is -0.927. The molecule has 0 saturated heterocycles. The molecule has 0 aromatic heterocycles. The number of aliphatic carboxylic acids is 1. The van der Waals surface area contributed by atoms with Crippen molar-refractivity contribution >= 4 is 17.8 Å². The van der Waals surface area contributed by atoms with E-state index in [9.17, 15) is 19.5 Å². The number of carboxylic acid groups (broad SMARTS) is 1. The molecule has 1 saturated carbocycles. The first-order valence-corrected chi connectivity index (χ1v) is 6.56. The normalized spacial score (nSPS) is 16.8. The molecule has 6 heteroatoms. The number of nitrogens with two attached hydrogens (primary N) is 1. The number of carboxylic acids is 1. The Labute approximate surface area is 112 Å². The van der Waals surface area contributed by atoms with Gasteiger partial charge >= 0.3 is 5.97 Å². The number of hydrogen-bond donors (Lipinski definition) is 2. The van der Waals surface area contributed by atoms with Crippen LogP contribution in [0.2, 0.25) is 0 Å². The lowest BCUT2D eigenvalue weighted by Gasteiger charge is -2.38. The molecule has 0 aromatic rings. The monoisotopic (exact) mass is 270 g/mol. The minimum Gasteiger partial charge on any atom is -0.481 e. The van der Waals surface area contributed by atoms with Crippen molar-refractivity contribution in [1.82, 2.24) is 4.90 Å². The van der Waals surface area contributed by atoms with E-state index < -0.39 is 17.3 Å². The summed E-state index contributed by atoms with van der Waals surface area (Å²) in [5.41, 5.74) is 4.20.